The summed E-state index contributed by atoms with van der Waals surface area (Å²) in [5.41, 5.74) is -1.32. The third-order valence-corrected chi connectivity index (χ3v) is 8.72. The Labute approximate surface area is 227 Å². The number of phenolic OH excluding ortho intramolecular Hbond substituents is 1. The molecule has 0 saturated carbocycles. The van der Waals surface area contributed by atoms with Gasteiger partial charge in [0.1, 0.15) is 22.8 Å². The molecule has 1 heterocycles. The molecule has 1 aromatic carbocycles. The van der Waals surface area contributed by atoms with Gasteiger partial charge in [0.2, 0.25) is 5.78 Å². The third-order valence-electron chi connectivity index (χ3n) is 8.72. The van der Waals surface area contributed by atoms with E-state index in [-0.39, 0.29) is 12.0 Å². The van der Waals surface area contributed by atoms with E-state index in [1.54, 1.807) is 0 Å². The summed E-state index contributed by atoms with van der Waals surface area (Å²) >= 11 is 0. The maximum Gasteiger partial charge on any atom is 0.417 e. The van der Waals surface area contributed by atoms with Gasteiger partial charge in [-0.3, -0.25) is 19.3 Å². The minimum Gasteiger partial charge on any atom is -0.510 e. The number of allylic oxidation sites excluding steroid dienone is 1. The summed E-state index contributed by atoms with van der Waals surface area (Å²) < 4.78 is 43.8. The first-order valence-electron chi connectivity index (χ1n) is 13.0. The van der Waals surface area contributed by atoms with Gasteiger partial charge in [0.05, 0.1) is 17.2 Å². The molecule has 1 unspecified atom stereocenters. The zero-order valence-electron chi connectivity index (χ0n) is 21.8. The Morgan fingerprint density at radius 2 is 1.85 bits per heavy atom. The highest BCUT2D eigenvalue weighted by Crippen LogP contribution is 2.54. The monoisotopic (exact) mass is 565 g/mol. The minimum absolute atomic E-state index is 0.175. The van der Waals surface area contributed by atoms with E-state index < -0.39 is 105 Å². The van der Waals surface area contributed by atoms with Gasteiger partial charge in [0, 0.05) is 17.5 Å². The van der Waals surface area contributed by atoms with E-state index in [9.17, 15) is 48.0 Å². The number of Topliss-reactive ketones (excluding diaryl/α,β-unsaturated/α-hetero) is 2. The first-order chi connectivity index (χ1) is 18.6. The molecule has 5 rings (SSSR count). The quantitative estimate of drug-likeness (QED) is 0.300. The van der Waals surface area contributed by atoms with Crippen LogP contribution in [0.25, 0.3) is 0 Å². The number of halogens is 3. The van der Waals surface area contributed by atoms with E-state index in [1.165, 1.54) is 19.0 Å². The smallest absolute Gasteiger partial charge is 0.417 e. The van der Waals surface area contributed by atoms with Gasteiger partial charge in [-0.25, -0.2) is 0 Å². The number of aliphatic hydroxyl groups excluding tert-OH is 2. The van der Waals surface area contributed by atoms with Crippen LogP contribution in [0, 0.1) is 11.8 Å². The number of likely N-dealkylation sites (N-methyl/N-ethyl adjacent to an activating group) is 1. The number of piperidine rings is 1. The Hall–Kier alpha value is -3.42. The number of alkyl halides is 3. The number of nitrogens with two attached hydrogens (primary N) is 1. The number of hydrogen-bond donors (Lipinski definition) is 6. The van der Waals surface area contributed by atoms with Crippen LogP contribution in [-0.4, -0.2) is 75.1 Å². The van der Waals surface area contributed by atoms with Crippen molar-refractivity contribution in [3.8, 4) is 5.75 Å². The Bertz CT molecular complexity index is 1390. The van der Waals surface area contributed by atoms with Crippen molar-refractivity contribution in [3.63, 3.8) is 0 Å². The number of amides is 1. The Morgan fingerprint density at radius 3 is 2.40 bits per heavy atom. The van der Waals surface area contributed by atoms with Crippen molar-refractivity contribution in [1.29, 1.82) is 0 Å². The molecule has 13 heteroatoms. The number of ketones is 2. The average molecular weight is 566 g/mol. The average Bonchev–Trinajstić information content (AvgIpc) is 2.85. The van der Waals surface area contributed by atoms with Crippen LogP contribution in [-0.2, 0) is 22.2 Å². The molecule has 0 radical (unpaired) electrons. The second-order valence-corrected chi connectivity index (χ2v) is 11.2. The van der Waals surface area contributed by atoms with Crippen molar-refractivity contribution in [1.82, 2.24) is 10.2 Å². The Kier molecular flexibility index (Phi) is 6.55. The molecule has 7 N–H and O–H groups in total. The number of rotatable bonds is 3. The normalized spacial score (nSPS) is 30.8. The lowest BCUT2D eigenvalue weighted by Crippen LogP contribution is -2.63. The van der Waals surface area contributed by atoms with Gasteiger partial charge in [0.15, 0.2) is 11.4 Å². The van der Waals surface area contributed by atoms with Crippen LogP contribution >= 0.6 is 0 Å². The number of carbonyl (C=O) groups is 3. The fraction of sp³-hybridized carbons (Fsp3) is 0.519. The van der Waals surface area contributed by atoms with E-state index in [2.05, 4.69) is 5.32 Å². The van der Waals surface area contributed by atoms with Gasteiger partial charge in [-0.15, -0.1) is 0 Å². The molecule has 1 fully saturated rings. The van der Waals surface area contributed by atoms with Gasteiger partial charge < -0.3 is 31.5 Å². The lowest BCUT2D eigenvalue weighted by molar-refractivity contribution is -0.148. The molecule has 1 amide bonds. The fourth-order valence-electron chi connectivity index (χ4n) is 7.08. The number of nitrogens with zero attached hydrogens (tertiary/aromatic N) is 1. The number of hydrogen-bond acceptors (Lipinski definition) is 9. The van der Waals surface area contributed by atoms with E-state index in [4.69, 9.17) is 5.73 Å². The minimum atomic E-state index is -4.88. The highest BCUT2D eigenvalue weighted by Gasteiger charge is 2.63. The van der Waals surface area contributed by atoms with Crippen molar-refractivity contribution in [3.05, 3.63) is 51.0 Å². The molecule has 216 valence electrons. The summed E-state index contributed by atoms with van der Waals surface area (Å²) in [6.45, 7) is 0.493. The number of primary amides is 1. The predicted molar refractivity (Wildman–Crippen MR) is 133 cm³/mol. The number of benzene rings is 1. The van der Waals surface area contributed by atoms with Crippen molar-refractivity contribution in [2.75, 3.05) is 20.6 Å². The third kappa shape index (κ3) is 3.85. The molecule has 4 aliphatic rings. The standard InChI is InChI=1S/C27H30F3N3O7/c1-33(2)20-13-8-10-7-12-17(15(34)9-11(19(12)27(28,29)30)14-5-3-4-6-32-14)21(35)16(10)23(37)26(13,40)24(38)18(22(20)36)25(31)39/h9-10,13-14,20,32,34,36-37,40H,3-8H2,1-2H3,(H2,31,39)/t10-,13-,14?,20-,26-/m0/s1. The van der Waals surface area contributed by atoms with Crippen molar-refractivity contribution >= 4 is 17.5 Å². The highest BCUT2D eigenvalue weighted by molar-refractivity contribution is 6.24. The van der Waals surface area contributed by atoms with Gasteiger partial charge >= 0.3 is 6.18 Å². The first-order valence-corrected chi connectivity index (χ1v) is 13.0. The summed E-state index contributed by atoms with van der Waals surface area (Å²) in [6, 6.07) is -1.01. The van der Waals surface area contributed by atoms with Crippen molar-refractivity contribution < 1.29 is 48.0 Å². The fourth-order valence-corrected chi connectivity index (χ4v) is 7.08. The van der Waals surface area contributed by atoms with Crippen LogP contribution in [0.4, 0.5) is 13.2 Å². The van der Waals surface area contributed by atoms with Gasteiger partial charge in [-0.05, 0) is 69.4 Å². The van der Waals surface area contributed by atoms with Crippen LogP contribution in [0.1, 0.15) is 58.8 Å². The first kappa shape index (κ1) is 28.1. The second kappa shape index (κ2) is 9.32. The molecule has 10 nitrogen and oxygen atoms in total. The summed E-state index contributed by atoms with van der Waals surface area (Å²) in [5, 5.41) is 47.6. The number of carbonyl (C=O) groups excluding carboxylic acids is 3. The molecular formula is C27H30F3N3O7. The van der Waals surface area contributed by atoms with Gasteiger partial charge in [0.25, 0.3) is 5.91 Å². The number of phenols is 1. The molecule has 3 aliphatic carbocycles. The van der Waals surface area contributed by atoms with Gasteiger partial charge in [-0.2, -0.15) is 13.2 Å². The molecule has 1 aliphatic heterocycles. The SMILES string of the molecule is CN(C)[C@@H]1C(O)=C(C(N)=O)C(=O)[C@@]2(O)C(O)=C3C(=O)c4c(O)cc(C5CCCCN5)c(C(F)(F)F)c4C[C@H]3C[C@@H]12. The van der Waals surface area contributed by atoms with E-state index >= 15 is 0 Å². The molecule has 0 bridgehead atoms. The summed E-state index contributed by atoms with van der Waals surface area (Å²) in [5.74, 6) is -8.95. The zero-order chi connectivity index (χ0) is 29.5. The number of aliphatic hydroxyl groups is 3. The molecule has 5 atom stereocenters. The molecule has 1 saturated heterocycles. The number of aromatic hydroxyl groups is 1. The summed E-state index contributed by atoms with van der Waals surface area (Å²) in [6.07, 6.45) is -3.74. The maximum atomic E-state index is 14.6. The molecule has 1 aromatic rings. The van der Waals surface area contributed by atoms with Crippen molar-refractivity contribution in [2.45, 2.75) is 56.0 Å². The predicted octanol–water partition coefficient (Wildman–Crippen LogP) is 1.95. The van der Waals surface area contributed by atoms with Gasteiger partial charge in [-0.1, -0.05) is 6.42 Å². The van der Waals surface area contributed by atoms with Crippen LogP contribution in [0.2, 0.25) is 0 Å². The van der Waals surface area contributed by atoms with Crippen LogP contribution < -0.4 is 11.1 Å². The van der Waals surface area contributed by atoms with Crippen LogP contribution in [0.15, 0.2) is 28.7 Å². The summed E-state index contributed by atoms with van der Waals surface area (Å²) in [7, 11) is 2.94. The van der Waals surface area contributed by atoms with Crippen molar-refractivity contribution in [2.24, 2.45) is 17.6 Å². The van der Waals surface area contributed by atoms with E-state index in [0.717, 1.165) is 12.5 Å². The lowest BCUT2D eigenvalue weighted by Gasteiger charge is -2.50. The second-order valence-electron chi connectivity index (χ2n) is 11.2. The molecule has 0 spiro atoms. The van der Waals surface area contributed by atoms with Crippen LogP contribution in [0.5, 0.6) is 5.75 Å². The van der Waals surface area contributed by atoms with E-state index in [1.807, 2.05) is 0 Å². The highest BCUT2D eigenvalue weighted by atomic mass is 19.4. The molecular weight excluding hydrogens is 535 g/mol. The Balaban J connectivity index is 1.73. The number of nitrogens with one attached hydrogen (secondary N) is 1. The molecule has 40 heavy (non-hydrogen) atoms. The maximum absolute atomic E-state index is 14.6. The number of fused-ring (bicyclic) bond motifs is 3. The topological polar surface area (TPSA) is 173 Å². The van der Waals surface area contributed by atoms with E-state index in [0.29, 0.717) is 19.4 Å². The summed E-state index contributed by atoms with van der Waals surface area (Å²) in [4.78, 5) is 40.5. The van der Waals surface area contributed by atoms with Crippen LogP contribution in [0.3, 0.4) is 0 Å². The Morgan fingerprint density at radius 1 is 1.18 bits per heavy atom. The lowest BCUT2D eigenvalue weighted by atomic mass is 9.58. The largest absolute Gasteiger partial charge is 0.510 e. The molecule has 0 aromatic heterocycles. The zero-order valence-corrected chi connectivity index (χ0v) is 21.8.